The third-order valence-electron chi connectivity index (χ3n) is 3.49. The Hall–Kier alpha value is -2.62. The average Bonchev–Trinajstić information content (AvgIpc) is 2.54. The van der Waals surface area contributed by atoms with E-state index in [1.54, 1.807) is 0 Å². The highest BCUT2D eigenvalue weighted by Gasteiger charge is 2.29. The number of nitrogens with zero attached hydrogens (tertiary/aromatic N) is 2. The van der Waals surface area contributed by atoms with Crippen molar-refractivity contribution in [2.45, 2.75) is 12.5 Å². The molecule has 0 bridgehead atoms. The summed E-state index contributed by atoms with van der Waals surface area (Å²) in [6.07, 6.45) is 10.6. The molecule has 0 saturated carbocycles. The zero-order valence-corrected chi connectivity index (χ0v) is 10.6. The van der Waals surface area contributed by atoms with Crippen molar-refractivity contribution in [2.24, 2.45) is 9.98 Å². The van der Waals surface area contributed by atoms with Gasteiger partial charge in [0.05, 0.1) is 11.4 Å². The smallest absolute Gasteiger partial charge is 0.279 e. The number of allylic oxidation sites excluding steroid dienone is 4. The van der Waals surface area contributed by atoms with E-state index in [0.29, 0.717) is 0 Å². The van der Waals surface area contributed by atoms with Crippen LogP contribution in [0.4, 0.5) is 5.69 Å². The van der Waals surface area contributed by atoms with Gasteiger partial charge in [-0.1, -0.05) is 30.4 Å². The maximum atomic E-state index is 5.60. The van der Waals surface area contributed by atoms with Crippen molar-refractivity contribution in [1.29, 1.82) is 0 Å². The van der Waals surface area contributed by atoms with Crippen LogP contribution in [0, 0.1) is 0 Å². The van der Waals surface area contributed by atoms with E-state index >= 15 is 0 Å². The van der Waals surface area contributed by atoms with Crippen molar-refractivity contribution >= 4 is 18.5 Å². The van der Waals surface area contributed by atoms with Crippen molar-refractivity contribution in [3.05, 3.63) is 65.1 Å². The summed E-state index contributed by atoms with van der Waals surface area (Å²) in [5, 5.41) is 0. The van der Waals surface area contributed by atoms with Gasteiger partial charge in [-0.2, -0.15) is 0 Å². The van der Waals surface area contributed by atoms with Gasteiger partial charge in [-0.25, -0.2) is 9.98 Å². The highest BCUT2D eigenvalue weighted by Crippen LogP contribution is 2.40. The lowest BCUT2D eigenvalue weighted by molar-refractivity contribution is 0.231. The Kier molecular flexibility index (Phi) is 2.52. The van der Waals surface area contributed by atoms with Gasteiger partial charge in [-0.05, 0) is 18.6 Å². The molecule has 1 unspecified atom stereocenters. The molecule has 1 atom stereocenters. The lowest BCUT2D eigenvalue weighted by Gasteiger charge is -2.26. The highest BCUT2D eigenvalue weighted by molar-refractivity contribution is 5.67. The average molecular weight is 263 g/mol. The van der Waals surface area contributed by atoms with Crippen LogP contribution < -0.4 is 0 Å². The van der Waals surface area contributed by atoms with Gasteiger partial charge in [0.2, 0.25) is 0 Å². The van der Waals surface area contributed by atoms with Gasteiger partial charge < -0.3 is 9.47 Å². The minimum absolute atomic E-state index is 0.284. The Bertz CT molecular complexity index is 711. The van der Waals surface area contributed by atoms with Gasteiger partial charge in [0, 0.05) is 11.1 Å². The second-order valence-electron chi connectivity index (χ2n) is 4.64. The second kappa shape index (κ2) is 4.49. The van der Waals surface area contributed by atoms with Crippen LogP contribution in [0.5, 0.6) is 0 Å². The second-order valence-corrected chi connectivity index (χ2v) is 4.64. The number of aliphatic imine (C=N–C) groups is 2. The van der Waals surface area contributed by atoms with Crippen LogP contribution in [0.15, 0.2) is 69.5 Å². The largest absolute Gasteiger partial charge is 0.459 e. The van der Waals surface area contributed by atoms with Crippen LogP contribution in [0.2, 0.25) is 0 Å². The molecule has 4 rings (SSSR count). The fourth-order valence-corrected chi connectivity index (χ4v) is 2.53. The number of benzene rings is 1. The monoisotopic (exact) mass is 263 g/mol. The summed E-state index contributed by atoms with van der Waals surface area (Å²) in [4.78, 5) is 8.52. The molecule has 0 saturated heterocycles. The molecule has 97 valence electrons. The molecule has 2 aliphatic heterocycles. The van der Waals surface area contributed by atoms with Gasteiger partial charge in [-0.15, -0.1) is 0 Å². The summed E-state index contributed by atoms with van der Waals surface area (Å²) in [5.41, 5.74) is 3.79. The molecule has 0 fully saturated rings. The van der Waals surface area contributed by atoms with E-state index in [9.17, 15) is 0 Å². The third-order valence-corrected chi connectivity index (χ3v) is 3.49. The van der Waals surface area contributed by atoms with Gasteiger partial charge >= 0.3 is 0 Å². The van der Waals surface area contributed by atoms with Crippen LogP contribution >= 0.6 is 0 Å². The summed E-state index contributed by atoms with van der Waals surface area (Å²) in [6, 6.07) is 7.88. The molecule has 0 spiro atoms. The lowest BCUT2D eigenvalue weighted by atomic mass is 9.95. The van der Waals surface area contributed by atoms with Gasteiger partial charge in [0.1, 0.15) is 5.76 Å². The zero-order chi connectivity index (χ0) is 13.4. The summed E-state index contributed by atoms with van der Waals surface area (Å²) < 4.78 is 11.0. The van der Waals surface area contributed by atoms with Crippen molar-refractivity contribution in [3.63, 3.8) is 0 Å². The molecule has 0 amide bonds. The predicted octanol–water partition coefficient (Wildman–Crippen LogP) is 3.45. The molecular formula is C16H11N2O2. The summed E-state index contributed by atoms with van der Waals surface area (Å²) in [6.45, 7) is 0. The van der Waals surface area contributed by atoms with Crippen LogP contribution in [0.1, 0.15) is 18.1 Å². The molecule has 2 heterocycles. The van der Waals surface area contributed by atoms with Gasteiger partial charge in [0.25, 0.3) is 6.40 Å². The first-order valence-electron chi connectivity index (χ1n) is 6.43. The normalized spacial score (nSPS) is 22.6. The molecule has 0 aromatic heterocycles. The molecule has 4 heteroatoms. The molecule has 0 N–H and O–H groups in total. The van der Waals surface area contributed by atoms with Crippen LogP contribution in [0.3, 0.4) is 0 Å². The number of fused-ring (bicyclic) bond motifs is 2. The van der Waals surface area contributed by atoms with Gasteiger partial charge in [-0.3, -0.25) is 0 Å². The Morgan fingerprint density at radius 3 is 3.20 bits per heavy atom. The number of hydrogen-bond acceptors (Lipinski definition) is 4. The maximum Gasteiger partial charge on any atom is 0.279 e. The van der Waals surface area contributed by atoms with Gasteiger partial charge in [0.15, 0.2) is 12.5 Å². The summed E-state index contributed by atoms with van der Waals surface area (Å²) >= 11 is 0. The Balaban J connectivity index is 1.84. The minimum atomic E-state index is -0.284. The van der Waals surface area contributed by atoms with Crippen LogP contribution in [0.25, 0.3) is 0 Å². The van der Waals surface area contributed by atoms with Crippen molar-refractivity contribution < 1.29 is 9.47 Å². The highest BCUT2D eigenvalue weighted by atomic mass is 16.5. The minimum Gasteiger partial charge on any atom is -0.459 e. The fourth-order valence-electron chi connectivity index (χ4n) is 2.53. The molecule has 1 aliphatic carbocycles. The number of rotatable bonds is 1. The Labute approximate surface area is 116 Å². The van der Waals surface area contributed by atoms with Crippen molar-refractivity contribution in [1.82, 2.24) is 0 Å². The van der Waals surface area contributed by atoms with E-state index in [1.807, 2.05) is 36.4 Å². The SMILES string of the molecule is [C]1=Nc2ccccc2C(C2=C3CC=CC=C3OC=N2)O1. The standard InChI is InChI=1S/C16H11N2O2/c1-3-7-13-11(5-1)16(20-9-17-13)15-12-6-2-4-8-14(12)19-10-18-15/h1-5,7-8,10,16H,6H2. The Morgan fingerprint density at radius 1 is 1.25 bits per heavy atom. The van der Waals surface area contributed by atoms with E-state index in [0.717, 1.165) is 34.7 Å². The van der Waals surface area contributed by atoms with E-state index in [2.05, 4.69) is 22.5 Å². The zero-order valence-electron chi connectivity index (χ0n) is 10.6. The number of hydrogen-bond donors (Lipinski definition) is 0. The third kappa shape index (κ3) is 1.69. The number of ether oxygens (including phenoxy) is 2. The van der Waals surface area contributed by atoms with Crippen molar-refractivity contribution in [3.8, 4) is 0 Å². The van der Waals surface area contributed by atoms with Crippen LogP contribution in [-0.4, -0.2) is 12.8 Å². The molecular weight excluding hydrogens is 252 g/mol. The van der Waals surface area contributed by atoms with E-state index < -0.39 is 0 Å². The topological polar surface area (TPSA) is 43.2 Å². The summed E-state index contributed by atoms with van der Waals surface area (Å²) in [5.74, 6) is 0.834. The maximum absolute atomic E-state index is 5.60. The van der Waals surface area contributed by atoms with E-state index in [-0.39, 0.29) is 6.10 Å². The summed E-state index contributed by atoms with van der Waals surface area (Å²) in [7, 11) is 0. The first kappa shape index (κ1) is 11.2. The molecule has 1 aromatic rings. The van der Waals surface area contributed by atoms with E-state index in [4.69, 9.17) is 9.47 Å². The molecule has 1 aromatic carbocycles. The first-order valence-corrected chi connectivity index (χ1v) is 6.43. The van der Waals surface area contributed by atoms with Crippen molar-refractivity contribution in [2.75, 3.05) is 0 Å². The number of para-hydroxylation sites is 1. The quantitative estimate of drug-likeness (QED) is 0.778. The predicted molar refractivity (Wildman–Crippen MR) is 75.8 cm³/mol. The van der Waals surface area contributed by atoms with Crippen LogP contribution in [-0.2, 0) is 9.47 Å². The molecule has 20 heavy (non-hydrogen) atoms. The molecule has 4 nitrogen and oxygen atoms in total. The molecule has 1 radical (unpaired) electrons. The lowest BCUT2D eigenvalue weighted by Crippen LogP contribution is -2.15. The Morgan fingerprint density at radius 2 is 2.20 bits per heavy atom. The fraction of sp³-hybridized carbons (Fsp3) is 0.125. The van der Waals surface area contributed by atoms with E-state index in [1.165, 1.54) is 6.40 Å². The molecule has 3 aliphatic rings. The first-order chi connectivity index (χ1) is 9.93.